The van der Waals surface area contributed by atoms with Crippen molar-refractivity contribution in [1.29, 1.82) is 0 Å². The van der Waals surface area contributed by atoms with Crippen LogP contribution in [0.4, 0.5) is 0 Å². The van der Waals surface area contributed by atoms with Crippen molar-refractivity contribution in [2.24, 2.45) is 0 Å². The highest BCUT2D eigenvalue weighted by Gasteiger charge is 2.17. The van der Waals surface area contributed by atoms with Crippen molar-refractivity contribution in [3.8, 4) is 34.2 Å². The summed E-state index contributed by atoms with van der Waals surface area (Å²) >= 11 is 0. The van der Waals surface area contributed by atoms with E-state index < -0.39 is 0 Å². The van der Waals surface area contributed by atoms with Crippen LogP contribution in [0.25, 0.3) is 88.4 Å². The Balaban J connectivity index is 1.29. The summed E-state index contributed by atoms with van der Waals surface area (Å²) in [7, 11) is 0. The molecular formula is C39H23N3O. The van der Waals surface area contributed by atoms with E-state index in [1.165, 1.54) is 10.8 Å². The van der Waals surface area contributed by atoms with E-state index in [-0.39, 0.29) is 0 Å². The Morgan fingerprint density at radius 2 is 1.00 bits per heavy atom. The summed E-state index contributed by atoms with van der Waals surface area (Å²) in [6.45, 7) is 0. The third-order valence-corrected chi connectivity index (χ3v) is 8.29. The lowest BCUT2D eigenvalue weighted by molar-refractivity contribution is 0.672. The maximum atomic E-state index is 6.30. The van der Waals surface area contributed by atoms with Crippen molar-refractivity contribution >= 4 is 54.3 Å². The maximum Gasteiger partial charge on any atom is 0.164 e. The Morgan fingerprint density at radius 1 is 0.372 bits per heavy atom. The second-order valence-electron chi connectivity index (χ2n) is 10.8. The van der Waals surface area contributed by atoms with Crippen LogP contribution in [0.3, 0.4) is 0 Å². The van der Waals surface area contributed by atoms with Gasteiger partial charge in [0.25, 0.3) is 0 Å². The average Bonchev–Trinajstić information content (AvgIpc) is 3.47. The van der Waals surface area contributed by atoms with E-state index in [4.69, 9.17) is 19.4 Å². The quantitative estimate of drug-likeness (QED) is 0.206. The van der Waals surface area contributed by atoms with Gasteiger partial charge in [-0.2, -0.15) is 0 Å². The molecule has 43 heavy (non-hydrogen) atoms. The second kappa shape index (κ2) is 9.33. The molecule has 0 saturated heterocycles. The van der Waals surface area contributed by atoms with Gasteiger partial charge in [0, 0.05) is 32.8 Å². The van der Waals surface area contributed by atoms with Gasteiger partial charge in [0.05, 0.1) is 0 Å². The van der Waals surface area contributed by atoms with E-state index in [1.807, 2.05) is 48.5 Å². The van der Waals surface area contributed by atoms with Gasteiger partial charge in [-0.3, -0.25) is 0 Å². The predicted octanol–water partition coefficient (Wildman–Crippen LogP) is 10.2. The Labute approximate surface area is 246 Å². The Bertz CT molecular complexity index is 2510. The number of furan rings is 1. The molecule has 2 heterocycles. The van der Waals surface area contributed by atoms with Gasteiger partial charge in [-0.25, -0.2) is 15.0 Å². The number of aromatic nitrogens is 3. The zero-order chi connectivity index (χ0) is 28.3. The van der Waals surface area contributed by atoms with E-state index in [9.17, 15) is 0 Å². The fourth-order valence-electron chi connectivity index (χ4n) is 6.23. The highest BCUT2D eigenvalue weighted by molar-refractivity contribution is 6.15. The smallest absolute Gasteiger partial charge is 0.164 e. The van der Waals surface area contributed by atoms with Gasteiger partial charge in [0.1, 0.15) is 11.2 Å². The van der Waals surface area contributed by atoms with E-state index >= 15 is 0 Å². The van der Waals surface area contributed by atoms with Gasteiger partial charge in [-0.15, -0.1) is 0 Å². The average molecular weight is 550 g/mol. The number of fused-ring (bicyclic) bond motifs is 8. The topological polar surface area (TPSA) is 51.8 Å². The molecule has 0 aliphatic rings. The number of benzene rings is 7. The van der Waals surface area contributed by atoms with Crippen molar-refractivity contribution in [2.45, 2.75) is 0 Å². The van der Waals surface area contributed by atoms with Crippen LogP contribution in [0.5, 0.6) is 0 Å². The first-order chi connectivity index (χ1) is 21.3. The molecule has 4 nitrogen and oxygen atoms in total. The molecule has 0 saturated carbocycles. The van der Waals surface area contributed by atoms with Gasteiger partial charge >= 0.3 is 0 Å². The van der Waals surface area contributed by atoms with Gasteiger partial charge in [-0.1, -0.05) is 109 Å². The zero-order valence-electron chi connectivity index (χ0n) is 23.0. The molecule has 0 spiro atoms. The normalized spacial score (nSPS) is 11.7. The molecule has 0 fully saturated rings. The monoisotopic (exact) mass is 549 g/mol. The summed E-state index contributed by atoms with van der Waals surface area (Å²) in [4.78, 5) is 15.2. The lowest BCUT2D eigenvalue weighted by atomic mass is 9.97. The standard InChI is InChI=1S/C39H23N3O/c1-2-10-24(11-3-1)37-40-38(27-19-20-29-26(22-27)18-21-33-32-16-8-9-17-35(32)43-36(29)33)42-39(41-37)34-23-25-12-4-5-13-28(25)30-14-6-7-15-31(30)34/h1-23H. The Hall–Kier alpha value is -5.87. The van der Waals surface area contributed by atoms with Crippen molar-refractivity contribution in [2.75, 3.05) is 0 Å². The summed E-state index contributed by atoms with van der Waals surface area (Å²) in [6.07, 6.45) is 0. The number of hydrogen-bond donors (Lipinski definition) is 0. The summed E-state index contributed by atoms with van der Waals surface area (Å²) in [5.41, 5.74) is 4.65. The Kier molecular flexibility index (Phi) is 5.16. The Morgan fingerprint density at radius 3 is 1.86 bits per heavy atom. The summed E-state index contributed by atoms with van der Waals surface area (Å²) in [5, 5.41) is 9.04. The lowest BCUT2D eigenvalue weighted by Crippen LogP contribution is -2.00. The number of rotatable bonds is 3. The SMILES string of the molecule is c1ccc(-c2nc(-c3ccc4c(ccc5c6ccccc6oc45)c3)nc(-c3cc4ccccc4c4ccccc34)n2)cc1. The molecule has 7 aromatic carbocycles. The van der Waals surface area contributed by atoms with Crippen LogP contribution >= 0.6 is 0 Å². The minimum absolute atomic E-state index is 0.632. The van der Waals surface area contributed by atoms with Crippen molar-refractivity contribution in [1.82, 2.24) is 15.0 Å². The van der Waals surface area contributed by atoms with Gasteiger partial charge in [-0.05, 0) is 57.3 Å². The molecule has 0 unspecified atom stereocenters. The van der Waals surface area contributed by atoms with Crippen LogP contribution in [0.15, 0.2) is 144 Å². The molecule has 9 rings (SSSR count). The highest BCUT2D eigenvalue weighted by atomic mass is 16.3. The first-order valence-corrected chi connectivity index (χ1v) is 14.4. The molecule has 2 aromatic heterocycles. The van der Waals surface area contributed by atoms with Gasteiger partial charge in [0.2, 0.25) is 0 Å². The molecule has 0 bridgehead atoms. The fourth-order valence-corrected chi connectivity index (χ4v) is 6.23. The third-order valence-electron chi connectivity index (χ3n) is 8.29. The molecule has 0 aliphatic heterocycles. The number of nitrogens with zero attached hydrogens (tertiary/aromatic N) is 3. The molecule has 0 N–H and O–H groups in total. The van der Waals surface area contributed by atoms with E-state index in [1.54, 1.807) is 0 Å². The molecular weight excluding hydrogens is 526 g/mol. The van der Waals surface area contributed by atoms with Crippen molar-refractivity contribution in [3.63, 3.8) is 0 Å². The molecule has 200 valence electrons. The third kappa shape index (κ3) is 3.81. The van der Waals surface area contributed by atoms with Crippen LogP contribution < -0.4 is 0 Å². The lowest BCUT2D eigenvalue weighted by Gasteiger charge is -2.12. The van der Waals surface area contributed by atoms with Crippen LogP contribution in [-0.2, 0) is 0 Å². The molecule has 0 amide bonds. The molecule has 4 heteroatoms. The molecule has 0 atom stereocenters. The van der Waals surface area contributed by atoms with Crippen LogP contribution in [0, 0.1) is 0 Å². The summed E-state index contributed by atoms with van der Waals surface area (Å²) in [6, 6.07) is 48.1. The van der Waals surface area contributed by atoms with Crippen LogP contribution in [-0.4, -0.2) is 15.0 Å². The molecule has 9 aromatic rings. The fraction of sp³-hybridized carbons (Fsp3) is 0. The first kappa shape index (κ1) is 23.8. The van der Waals surface area contributed by atoms with Crippen molar-refractivity contribution in [3.05, 3.63) is 140 Å². The molecule has 0 aliphatic carbocycles. The zero-order valence-corrected chi connectivity index (χ0v) is 23.0. The maximum absolute atomic E-state index is 6.30. The highest BCUT2D eigenvalue weighted by Crippen LogP contribution is 2.37. The van der Waals surface area contributed by atoms with Crippen molar-refractivity contribution < 1.29 is 4.42 Å². The largest absolute Gasteiger partial charge is 0.455 e. The minimum atomic E-state index is 0.632. The van der Waals surface area contributed by atoms with E-state index in [2.05, 4.69) is 91.0 Å². The number of hydrogen-bond acceptors (Lipinski definition) is 4. The predicted molar refractivity (Wildman–Crippen MR) is 176 cm³/mol. The first-order valence-electron chi connectivity index (χ1n) is 14.4. The second-order valence-corrected chi connectivity index (χ2v) is 10.8. The summed E-state index contributed by atoms with van der Waals surface area (Å²) in [5.74, 6) is 1.93. The van der Waals surface area contributed by atoms with Crippen LogP contribution in [0.1, 0.15) is 0 Å². The minimum Gasteiger partial charge on any atom is -0.455 e. The van der Waals surface area contributed by atoms with E-state index in [0.29, 0.717) is 17.5 Å². The number of para-hydroxylation sites is 1. The summed E-state index contributed by atoms with van der Waals surface area (Å²) < 4.78 is 6.30. The van der Waals surface area contributed by atoms with Gasteiger partial charge < -0.3 is 4.42 Å². The van der Waals surface area contributed by atoms with Gasteiger partial charge in [0.15, 0.2) is 17.5 Å². The van der Waals surface area contributed by atoms with E-state index in [0.717, 1.165) is 60.2 Å². The van der Waals surface area contributed by atoms with Crippen LogP contribution in [0.2, 0.25) is 0 Å². The molecule has 0 radical (unpaired) electrons.